The molecule has 0 radical (unpaired) electrons. The number of nitrogens with zero attached hydrogens (tertiary/aromatic N) is 3. The van der Waals surface area contributed by atoms with Gasteiger partial charge >= 0.3 is 0 Å². The van der Waals surface area contributed by atoms with E-state index in [2.05, 4.69) is 52.6 Å². The number of aryl methyl sites for hydroxylation is 1. The van der Waals surface area contributed by atoms with Crippen molar-refractivity contribution in [3.8, 4) is 5.82 Å². The number of anilines is 1. The van der Waals surface area contributed by atoms with Gasteiger partial charge in [-0.25, -0.2) is 9.67 Å². The first-order valence-corrected chi connectivity index (χ1v) is 12.6. The van der Waals surface area contributed by atoms with Crippen LogP contribution in [0, 0.1) is 5.92 Å². The van der Waals surface area contributed by atoms with Crippen molar-refractivity contribution in [1.29, 1.82) is 0 Å². The molecule has 174 valence electrons. The van der Waals surface area contributed by atoms with Crippen molar-refractivity contribution >= 4 is 66.7 Å². The van der Waals surface area contributed by atoms with Crippen molar-refractivity contribution in [2.75, 3.05) is 11.9 Å². The lowest BCUT2D eigenvalue weighted by Crippen LogP contribution is -2.29. The number of carbonyl (C=O) groups excluding carboxylic acids is 3. The number of carbonyl (C=O) groups is 3. The van der Waals surface area contributed by atoms with Crippen LogP contribution in [0.25, 0.3) is 5.82 Å². The topological polar surface area (TPSA) is 106 Å². The number of benzene rings is 1. The van der Waals surface area contributed by atoms with Gasteiger partial charge in [-0.15, -0.1) is 0 Å². The zero-order chi connectivity index (χ0) is 24.0. The molecule has 0 bridgehead atoms. The number of halogens is 3. The highest BCUT2D eigenvalue weighted by Crippen LogP contribution is 2.37. The zero-order valence-corrected chi connectivity index (χ0v) is 21.6. The Kier molecular flexibility index (Phi) is 6.30. The highest BCUT2D eigenvalue weighted by Gasteiger charge is 2.32. The number of aromatic nitrogens is 3. The van der Waals surface area contributed by atoms with Gasteiger partial charge < -0.3 is 10.6 Å². The Morgan fingerprint density at radius 2 is 1.97 bits per heavy atom. The van der Waals surface area contributed by atoms with Crippen LogP contribution in [0.4, 0.5) is 5.69 Å². The molecule has 0 saturated heterocycles. The van der Waals surface area contributed by atoms with E-state index in [0.29, 0.717) is 45.0 Å². The van der Waals surface area contributed by atoms with Crippen LogP contribution in [0.1, 0.15) is 56.0 Å². The zero-order valence-electron chi connectivity index (χ0n) is 17.7. The summed E-state index contributed by atoms with van der Waals surface area (Å²) in [6.07, 6.45) is 4.59. The number of amides is 2. The average Bonchev–Trinajstić information content (AvgIpc) is 3.46. The Hall–Kier alpha value is -2.56. The van der Waals surface area contributed by atoms with Crippen LogP contribution in [0.3, 0.4) is 0 Å². The molecule has 2 heterocycles. The minimum Gasteiger partial charge on any atom is -0.352 e. The van der Waals surface area contributed by atoms with E-state index < -0.39 is 5.91 Å². The Balaban J connectivity index is 1.55. The average molecular weight is 608 g/mol. The van der Waals surface area contributed by atoms with E-state index in [1.807, 2.05) is 0 Å². The molecule has 3 aromatic rings. The monoisotopic (exact) mass is 605 g/mol. The molecule has 11 heteroatoms. The summed E-state index contributed by atoms with van der Waals surface area (Å²) < 4.78 is 2.25. The predicted octanol–water partition coefficient (Wildman–Crippen LogP) is 4.97. The van der Waals surface area contributed by atoms with Gasteiger partial charge in [0.05, 0.1) is 16.3 Å². The molecule has 0 aliphatic heterocycles. The molecule has 2 amide bonds. The van der Waals surface area contributed by atoms with Crippen LogP contribution >= 0.6 is 43.5 Å². The molecule has 34 heavy (non-hydrogen) atoms. The van der Waals surface area contributed by atoms with Crippen molar-refractivity contribution in [2.45, 2.75) is 25.7 Å². The molecule has 2 aliphatic rings. The van der Waals surface area contributed by atoms with Gasteiger partial charge in [0.1, 0.15) is 10.3 Å². The second-order valence-corrected chi connectivity index (χ2v) is 10.3. The third-order valence-corrected chi connectivity index (χ3v) is 7.13. The number of rotatable bonds is 6. The van der Waals surface area contributed by atoms with E-state index in [1.54, 1.807) is 24.4 Å². The van der Waals surface area contributed by atoms with Gasteiger partial charge in [-0.1, -0.05) is 11.6 Å². The minimum absolute atomic E-state index is 0.109. The molecule has 2 aliphatic carbocycles. The molecule has 1 saturated carbocycles. The van der Waals surface area contributed by atoms with Crippen molar-refractivity contribution < 1.29 is 14.4 Å². The number of fused-ring (bicyclic) bond motifs is 1. The maximum absolute atomic E-state index is 13.4. The highest BCUT2D eigenvalue weighted by atomic mass is 79.9. The smallest absolute Gasteiger partial charge is 0.274 e. The van der Waals surface area contributed by atoms with Crippen LogP contribution in [0.2, 0.25) is 5.02 Å². The summed E-state index contributed by atoms with van der Waals surface area (Å²) >= 11 is 13.1. The van der Waals surface area contributed by atoms with Gasteiger partial charge in [-0.05, 0) is 80.8 Å². The summed E-state index contributed by atoms with van der Waals surface area (Å²) in [4.78, 5) is 43.6. The molecule has 1 fully saturated rings. The van der Waals surface area contributed by atoms with E-state index in [0.717, 1.165) is 18.4 Å². The lowest BCUT2D eigenvalue weighted by atomic mass is 9.99. The first-order valence-electron chi connectivity index (χ1n) is 10.7. The fraction of sp³-hybridized carbons (Fsp3) is 0.261. The van der Waals surface area contributed by atoms with Crippen molar-refractivity contribution in [1.82, 2.24) is 20.1 Å². The fourth-order valence-corrected chi connectivity index (χ4v) is 5.12. The maximum atomic E-state index is 13.4. The summed E-state index contributed by atoms with van der Waals surface area (Å²) in [5, 5.41) is 10.4. The highest BCUT2D eigenvalue weighted by molar-refractivity contribution is 9.10. The second-order valence-electron chi connectivity index (χ2n) is 8.25. The normalized spacial score (nSPS) is 14.7. The number of pyridine rings is 1. The molecule has 2 aromatic heterocycles. The molecular weight excluding hydrogens is 590 g/mol. The molecule has 8 nitrogen and oxygen atoms in total. The molecular formula is C23H18Br2ClN5O3. The van der Waals surface area contributed by atoms with Gasteiger partial charge in [-0.3, -0.25) is 14.4 Å². The van der Waals surface area contributed by atoms with Crippen molar-refractivity contribution in [2.24, 2.45) is 5.92 Å². The molecule has 5 rings (SSSR count). The van der Waals surface area contributed by atoms with Gasteiger partial charge in [0, 0.05) is 35.3 Å². The fourth-order valence-electron chi connectivity index (χ4n) is 3.97. The van der Waals surface area contributed by atoms with Crippen LogP contribution in [-0.4, -0.2) is 38.9 Å². The molecule has 2 N–H and O–H groups in total. The SMILES string of the molecule is O=C1CCc2cc(Br)c(NC(=O)c3cc(Br)nn3-c3ncccc3Cl)c(C(=O)NCC3CC3)c21. The Labute approximate surface area is 216 Å². The van der Waals surface area contributed by atoms with E-state index >= 15 is 0 Å². The quantitative estimate of drug-likeness (QED) is 0.412. The number of nitrogens with one attached hydrogen (secondary N) is 2. The predicted molar refractivity (Wildman–Crippen MR) is 134 cm³/mol. The first kappa shape index (κ1) is 23.2. The molecule has 0 atom stereocenters. The third kappa shape index (κ3) is 4.42. The number of hydrogen-bond acceptors (Lipinski definition) is 5. The second kappa shape index (κ2) is 9.24. The number of hydrogen-bond donors (Lipinski definition) is 2. The standard InChI is InChI=1S/C23H18Br2ClN5O3/c24-13-8-12-5-6-16(32)18(12)19(23(34)28-10-11-3-4-11)20(13)29-22(33)15-9-17(25)30-31(15)21-14(26)2-1-7-27-21/h1-2,7-9,11H,3-6,10H2,(H,28,34)(H,29,33). The maximum Gasteiger partial charge on any atom is 0.274 e. The first-order chi connectivity index (χ1) is 16.3. The molecule has 0 unspecified atom stereocenters. The number of ketones is 1. The third-order valence-electron chi connectivity index (χ3n) is 5.83. The Morgan fingerprint density at radius 3 is 2.71 bits per heavy atom. The largest absolute Gasteiger partial charge is 0.352 e. The Morgan fingerprint density at radius 1 is 1.18 bits per heavy atom. The van der Waals surface area contributed by atoms with E-state index in [-0.39, 0.29) is 34.5 Å². The van der Waals surface area contributed by atoms with Gasteiger partial charge in [0.15, 0.2) is 11.6 Å². The van der Waals surface area contributed by atoms with Crippen LogP contribution in [0.15, 0.2) is 39.5 Å². The summed E-state index contributed by atoms with van der Waals surface area (Å²) in [7, 11) is 0. The lowest BCUT2D eigenvalue weighted by Gasteiger charge is -2.17. The van der Waals surface area contributed by atoms with Crippen LogP contribution in [-0.2, 0) is 6.42 Å². The van der Waals surface area contributed by atoms with Crippen LogP contribution in [0.5, 0.6) is 0 Å². The molecule has 1 aromatic carbocycles. The Bertz CT molecular complexity index is 1350. The summed E-state index contributed by atoms with van der Waals surface area (Å²) in [6, 6.07) is 6.64. The van der Waals surface area contributed by atoms with E-state index in [1.165, 1.54) is 10.7 Å². The summed E-state index contributed by atoms with van der Waals surface area (Å²) in [5.41, 5.74) is 1.73. The van der Waals surface area contributed by atoms with Crippen molar-refractivity contribution in [3.05, 3.63) is 66.9 Å². The van der Waals surface area contributed by atoms with Crippen LogP contribution < -0.4 is 10.6 Å². The van der Waals surface area contributed by atoms with E-state index in [4.69, 9.17) is 11.6 Å². The van der Waals surface area contributed by atoms with Crippen molar-refractivity contribution in [3.63, 3.8) is 0 Å². The molecule has 0 spiro atoms. The van der Waals surface area contributed by atoms with Gasteiger partial charge in [0.25, 0.3) is 11.8 Å². The summed E-state index contributed by atoms with van der Waals surface area (Å²) in [5.74, 6) is -0.277. The number of Topliss-reactive ketones (excluding diaryl/α,β-unsaturated/α-hetero) is 1. The van der Waals surface area contributed by atoms with E-state index in [9.17, 15) is 14.4 Å². The summed E-state index contributed by atoms with van der Waals surface area (Å²) in [6.45, 7) is 0.541. The minimum atomic E-state index is -0.540. The lowest BCUT2D eigenvalue weighted by molar-refractivity contribution is 0.0935. The van der Waals surface area contributed by atoms with Gasteiger partial charge in [0.2, 0.25) is 0 Å². The van der Waals surface area contributed by atoms with Gasteiger partial charge in [-0.2, -0.15) is 5.10 Å².